The van der Waals surface area contributed by atoms with Crippen LogP contribution in [0.25, 0.3) is 11.3 Å². The van der Waals surface area contributed by atoms with E-state index in [2.05, 4.69) is 64.4 Å². The van der Waals surface area contributed by atoms with Gasteiger partial charge in [0.05, 0.1) is 0 Å². The Balaban J connectivity index is 0.000000360. The van der Waals surface area contributed by atoms with Crippen LogP contribution in [0.3, 0.4) is 0 Å². The summed E-state index contributed by atoms with van der Waals surface area (Å²) in [7, 11) is 0. The number of fused-ring (bicyclic) bond motifs is 5. The predicted molar refractivity (Wildman–Crippen MR) is 182 cm³/mol. The first kappa shape index (κ1) is 38.0. The number of aromatic nitrogens is 1. The Bertz CT molecular complexity index is 1440. The minimum atomic E-state index is -0.946. The Morgan fingerprint density at radius 1 is 0.915 bits per heavy atom. The third kappa shape index (κ3) is 6.98. The molecular formula is C42H49ClNO2Rh. The molecule has 1 heterocycles. The molecule has 0 amide bonds. The van der Waals surface area contributed by atoms with Gasteiger partial charge in [0.15, 0.2) is 5.78 Å². The number of rotatable bonds is 2. The molecule has 4 fully saturated rings. The molecule has 47 heavy (non-hydrogen) atoms. The fourth-order valence-electron chi connectivity index (χ4n) is 9.72. The van der Waals surface area contributed by atoms with Gasteiger partial charge in [-0.2, -0.15) is 0 Å². The Hall–Kier alpha value is -1.79. The largest absolute Gasteiger partial charge is 2.00 e. The Kier molecular flexibility index (Phi) is 12.5. The van der Waals surface area contributed by atoms with E-state index in [0.29, 0.717) is 35.9 Å². The number of ketones is 1. The molecule has 0 spiro atoms. The summed E-state index contributed by atoms with van der Waals surface area (Å²) >= 11 is 0. The van der Waals surface area contributed by atoms with Gasteiger partial charge in [0.2, 0.25) is 0 Å². The second-order valence-corrected chi connectivity index (χ2v) is 14.3. The van der Waals surface area contributed by atoms with Gasteiger partial charge >= 0.3 is 19.5 Å². The quantitative estimate of drug-likeness (QED) is 0.229. The Morgan fingerprint density at radius 2 is 1.62 bits per heavy atom. The van der Waals surface area contributed by atoms with Crippen molar-refractivity contribution in [2.45, 2.75) is 105 Å². The number of hydrogen-bond donors (Lipinski definition) is 1. The molecule has 6 radical (unpaired) electrons. The van der Waals surface area contributed by atoms with E-state index in [1.807, 2.05) is 42.5 Å². The van der Waals surface area contributed by atoms with Crippen LogP contribution in [0.1, 0.15) is 105 Å². The molecule has 6 atom stereocenters. The number of carbonyl (C=O) groups excluding carboxylic acids is 1. The predicted octanol–water partition coefficient (Wildman–Crippen LogP) is 6.14. The smallest absolute Gasteiger partial charge is 1.00 e. The molecule has 1 aromatic carbocycles. The maximum atomic E-state index is 12.1. The Morgan fingerprint density at radius 3 is 2.26 bits per heavy atom. The van der Waals surface area contributed by atoms with Gasteiger partial charge in [-0.3, -0.25) is 4.79 Å². The van der Waals surface area contributed by atoms with Crippen molar-refractivity contribution < 1.29 is 41.8 Å². The van der Waals surface area contributed by atoms with Crippen molar-refractivity contribution in [3.8, 4) is 23.1 Å². The summed E-state index contributed by atoms with van der Waals surface area (Å²) in [5, 5.41) is 12.1. The molecule has 4 saturated carbocycles. The van der Waals surface area contributed by atoms with Crippen molar-refractivity contribution in [3.63, 3.8) is 0 Å². The van der Waals surface area contributed by atoms with E-state index in [9.17, 15) is 9.90 Å². The van der Waals surface area contributed by atoms with Gasteiger partial charge in [-0.15, -0.1) is 35.9 Å². The maximum absolute atomic E-state index is 12.1. The number of pyridine rings is 1. The number of halogens is 1. The van der Waals surface area contributed by atoms with Crippen LogP contribution < -0.4 is 12.4 Å². The SMILES string of the molecule is CC[C@]12CCC3C4CCC(=O)C=C4CCC3C1CC[C@@]2(O)C#Cc1ccnc(-c2[c-]cccc2)c1.C[C]1[C](C)[C](C)[C](C)[C]1C.[Cl-].[Rh+2]. The maximum Gasteiger partial charge on any atom is 2.00 e. The standard InChI is InChI=1S/C32H34NO2.C10H15.ClH.Rh/c1-2-31-16-13-27-26-11-9-25(34)21-24(26)8-10-28(27)29(31)14-18-32(31,35)17-12-22-15-19-33-30(20-22)23-6-4-3-5-7-23;1-6-7(2)9(4)10(5)8(6)3;;/h3-6,15,19-21,26-29,35H,2,8-11,13-14,16,18H2,1H3;1-5H3;1H;/q-1;;;+2/p-1/t26?,27?,28?,29?,31-,32-;;;/m0.../s1. The molecule has 0 bridgehead atoms. The van der Waals surface area contributed by atoms with Gasteiger partial charge in [0.1, 0.15) is 5.60 Å². The summed E-state index contributed by atoms with van der Waals surface area (Å²) in [5.41, 5.74) is 3.05. The van der Waals surface area contributed by atoms with Crippen LogP contribution in [0, 0.1) is 76.6 Å². The summed E-state index contributed by atoms with van der Waals surface area (Å²) in [6.07, 6.45) is 12.7. The average Bonchev–Trinajstić information content (AvgIpc) is 3.46. The minimum Gasteiger partial charge on any atom is -1.00 e. The van der Waals surface area contributed by atoms with Gasteiger partial charge in [-0.25, -0.2) is 0 Å². The molecule has 1 N–H and O–H groups in total. The number of aliphatic hydroxyl groups is 1. The molecule has 5 aliphatic carbocycles. The molecule has 7 rings (SSSR count). The van der Waals surface area contributed by atoms with Crippen molar-refractivity contribution in [2.75, 3.05) is 0 Å². The topological polar surface area (TPSA) is 50.2 Å². The van der Waals surface area contributed by atoms with Crippen LogP contribution in [0.5, 0.6) is 0 Å². The zero-order chi connectivity index (χ0) is 31.9. The monoisotopic (exact) mass is 737 g/mol. The summed E-state index contributed by atoms with van der Waals surface area (Å²) < 4.78 is 0. The van der Waals surface area contributed by atoms with E-state index >= 15 is 0 Å². The van der Waals surface area contributed by atoms with Crippen molar-refractivity contribution >= 4 is 5.78 Å². The summed E-state index contributed by atoms with van der Waals surface area (Å²) in [4.78, 5) is 16.5. The zero-order valence-electron chi connectivity index (χ0n) is 28.8. The molecule has 1 aromatic heterocycles. The van der Waals surface area contributed by atoms with Gasteiger partial charge in [0.25, 0.3) is 0 Å². The van der Waals surface area contributed by atoms with Gasteiger partial charge in [-0.1, -0.05) is 65.0 Å². The molecule has 5 aliphatic rings. The normalized spacial score (nSPS) is 32.7. The van der Waals surface area contributed by atoms with E-state index < -0.39 is 5.60 Å². The molecule has 2 aromatic rings. The summed E-state index contributed by atoms with van der Waals surface area (Å²) in [6, 6.07) is 15.0. The van der Waals surface area contributed by atoms with E-state index in [0.717, 1.165) is 68.2 Å². The fourth-order valence-corrected chi connectivity index (χ4v) is 9.72. The van der Waals surface area contributed by atoms with Crippen molar-refractivity contribution in [2.24, 2.45) is 29.1 Å². The van der Waals surface area contributed by atoms with Crippen LogP contribution in [0.2, 0.25) is 0 Å². The molecule has 4 unspecified atom stereocenters. The second-order valence-electron chi connectivity index (χ2n) is 14.3. The number of hydrogen-bond acceptors (Lipinski definition) is 3. The molecule has 3 nitrogen and oxygen atoms in total. The first-order chi connectivity index (χ1) is 21.6. The van der Waals surface area contributed by atoms with Crippen LogP contribution in [0.4, 0.5) is 0 Å². The molecule has 5 heteroatoms. The van der Waals surface area contributed by atoms with Gasteiger partial charge < -0.3 is 22.5 Å². The van der Waals surface area contributed by atoms with Crippen LogP contribution in [-0.2, 0) is 24.3 Å². The van der Waals surface area contributed by atoms with Crippen LogP contribution in [0.15, 0.2) is 54.2 Å². The molecular weight excluding hydrogens is 689 g/mol. The first-order valence-corrected chi connectivity index (χ1v) is 17.2. The van der Waals surface area contributed by atoms with Crippen LogP contribution >= 0.6 is 0 Å². The first-order valence-electron chi connectivity index (χ1n) is 17.2. The average molecular weight is 738 g/mol. The van der Waals surface area contributed by atoms with E-state index in [1.54, 1.807) is 6.20 Å². The third-order valence-corrected chi connectivity index (χ3v) is 12.8. The van der Waals surface area contributed by atoms with Gasteiger partial charge in [-0.05, 0) is 122 Å². The number of nitrogens with zero attached hydrogens (tertiary/aromatic N) is 1. The number of carbonyl (C=O) groups is 1. The molecule has 0 aliphatic heterocycles. The van der Waals surface area contributed by atoms with Crippen molar-refractivity contribution in [1.82, 2.24) is 4.98 Å². The van der Waals surface area contributed by atoms with E-state index in [4.69, 9.17) is 0 Å². The van der Waals surface area contributed by atoms with E-state index in [-0.39, 0.29) is 37.3 Å². The molecule has 250 valence electrons. The summed E-state index contributed by atoms with van der Waals surface area (Å²) in [5.74, 6) is 16.9. The third-order valence-electron chi connectivity index (χ3n) is 12.8. The van der Waals surface area contributed by atoms with Crippen molar-refractivity contribution in [1.29, 1.82) is 0 Å². The fraction of sp³-hybridized carbons (Fsp3) is 0.500. The zero-order valence-corrected chi connectivity index (χ0v) is 31.2. The molecule has 0 saturated heterocycles. The Labute approximate surface area is 303 Å². The summed E-state index contributed by atoms with van der Waals surface area (Å²) in [6.45, 7) is 13.3. The number of allylic oxidation sites excluding steroid dienone is 1. The van der Waals surface area contributed by atoms with Crippen molar-refractivity contribution in [3.05, 3.63) is 95.5 Å². The second kappa shape index (κ2) is 15.4. The van der Waals surface area contributed by atoms with Crippen LogP contribution in [-0.4, -0.2) is 21.5 Å². The van der Waals surface area contributed by atoms with Gasteiger partial charge in [0, 0.05) is 23.6 Å². The minimum absolute atomic E-state index is 0. The van der Waals surface area contributed by atoms with E-state index in [1.165, 1.54) is 35.2 Å². The number of benzene rings is 1.